The lowest BCUT2D eigenvalue weighted by Crippen LogP contribution is -1.98. The van der Waals surface area contributed by atoms with Crippen molar-refractivity contribution >= 4 is 27.8 Å². The summed E-state index contributed by atoms with van der Waals surface area (Å²) < 4.78 is 6.95. The molecule has 23 heavy (non-hydrogen) atoms. The third-order valence-corrected chi connectivity index (χ3v) is 3.81. The number of aliphatic imine (C=N–C) groups is 1. The van der Waals surface area contributed by atoms with Crippen LogP contribution in [0.4, 0.5) is 5.69 Å². The number of hydrogen-bond donors (Lipinski definition) is 0. The smallest absolute Gasteiger partial charge is 0.129 e. The van der Waals surface area contributed by atoms with E-state index in [0.29, 0.717) is 6.61 Å². The van der Waals surface area contributed by atoms with Crippen molar-refractivity contribution in [1.82, 2.24) is 0 Å². The summed E-state index contributed by atoms with van der Waals surface area (Å²) in [7, 11) is 0. The first-order valence-electron chi connectivity index (χ1n) is 7.37. The average molecular weight is 366 g/mol. The van der Waals surface area contributed by atoms with Gasteiger partial charge in [-0.3, -0.25) is 4.99 Å². The van der Waals surface area contributed by atoms with Gasteiger partial charge in [-0.1, -0.05) is 64.5 Å². The molecule has 3 aromatic rings. The molecule has 0 bridgehead atoms. The highest BCUT2D eigenvalue weighted by Crippen LogP contribution is 2.24. The lowest BCUT2D eigenvalue weighted by Gasteiger charge is -2.10. The van der Waals surface area contributed by atoms with E-state index < -0.39 is 0 Å². The van der Waals surface area contributed by atoms with Crippen LogP contribution in [0, 0.1) is 0 Å². The third-order valence-electron chi connectivity index (χ3n) is 3.32. The van der Waals surface area contributed by atoms with Crippen molar-refractivity contribution < 1.29 is 4.74 Å². The maximum absolute atomic E-state index is 5.97. The van der Waals surface area contributed by atoms with Crippen LogP contribution in [0.3, 0.4) is 0 Å². The van der Waals surface area contributed by atoms with Gasteiger partial charge in [0.15, 0.2) is 0 Å². The molecule has 0 spiro atoms. The van der Waals surface area contributed by atoms with Crippen LogP contribution in [0.15, 0.2) is 88.3 Å². The molecule has 3 rings (SSSR count). The van der Waals surface area contributed by atoms with Gasteiger partial charge in [0.2, 0.25) is 0 Å². The number of para-hydroxylation sites is 1. The van der Waals surface area contributed by atoms with Crippen molar-refractivity contribution in [2.24, 2.45) is 4.99 Å². The van der Waals surface area contributed by atoms with Crippen LogP contribution in [-0.2, 0) is 6.61 Å². The molecular weight excluding hydrogens is 350 g/mol. The van der Waals surface area contributed by atoms with Gasteiger partial charge in [-0.2, -0.15) is 0 Å². The highest BCUT2D eigenvalue weighted by molar-refractivity contribution is 9.10. The van der Waals surface area contributed by atoms with Crippen LogP contribution in [0.2, 0.25) is 0 Å². The molecule has 0 N–H and O–H groups in total. The number of hydrogen-bond acceptors (Lipinski definition) is 2. The molecule has 0 aliphatic heterocycles. The first-order valence-corrected chi connectivity index (χ1v) is 8.16. The minimum Gasteiger partial charge on any atom is -0.488 e. The molecule has 2 nitrogen and oxygen atoms in total. The van der Waals surface area contributed by atoms with Crippen molar-refractivity contribution in [1.29, 1.82) is 0 Å². The van der Waals surface area contributed by atoms with Gasteiger partial charge in [-0.25, -0.2) is 0 Å². The van der Waals surface area contributed by atoms with Crippen molar-refractivity contribution in [3.05, 3.63) is 94.5 Å². The van der Waals surface area contributed by atoms with E-state index >= 15 is 0 Å². The summed E-state index contributed by atoms with van der Waals surface area (Å²) in [6.07, 6.45) is 1.84. The zero-order valence-electron chi connectivity index (χ0n) is 12.5. The Labute approximate surface area is 144 Å². The summed E-state index contributed by atoms with van der Waals surface area (Å²) in [5, 5.41) is 0. The monoisotopic (exact) mass is 365 g/mol. The molecule has 3 aromatic carbocycles. The van der Waals surface area contributed by atoms with E-state index in [0.717, 1.165) is 27.0 Å². The molecule has 0 aromatic heterocycles. The van der Waals surface area contributed by atoms with Gasteiger partial charge in [0.05, 0.1) is 5.69 Å². The second kappa shape index (κ2) is 7.75. The number of ether oxygens (including phenoxy) is 1. The van der Waals surface area contributed by atoms with E-state index in [1.54, 1.807) is 0 Å². The molecule has 0 atom stereocenters. The molecule has 0 radical (unpaired) electrons. The second-order valence-corrected chi connectivity index (χ2v) is 5.97. The second-order valence-electron chi connectivity index (χ2n) is 5.05. The van der Waals surface area contributed by atoms with Crippen molar-refractivity contribution in [3.8, 4) is 5.75 Å². The van der Waals surface area contributed by atoms with E-state index in [-0.39, 0.29) is 0 Å². The van der Waals surface area contributed by atoms with Gasteiger partial charge in [-0.05, 0) is 35.9 Å². The molecule has 0 amide bonds. The van der Waals surface area contributed by atoms with Crippen LogP contribution < -0.4 is 4.74 Å². The molecule has 114 valence electrons. The Bertz CT molecular complexity index is 785. The van der Waals surface area contributed by atoms with Gasteiger partial charge in [0, 0.05) is 16.3 Å². The fourth-order valence-corrected chi connectivity index (χ4v) is 2.47. The molecule has 0 saturated heterocycles. The molecule has 0 unspecified atom stereocenters. The van der Waals surface area contributed by atoms with E-state index in [2.05, 4.69) is 33.1 Å². The molecule has 3 heteroatoms. The quantitative estimate of drug-likeness (QED) is 0.525. The standard InChI is InChI=1S/C20H16BrNO/c21-18-12-11-17(14-22-19-9-5-2-6-10-19)20(13-18)23-15-16-7-3-1-4-8-16/h1-14H,15H2. The van der Waals surface area contributed by atoms with Gasteiger partial charge in [0.1, 0.15) is 12.4 Å². The van der Waals surface area contributed by atoms with E-state index in [4.69, 9.17) is 4.74 Å². The van der Waals surface area contributed by atoms with Crippen molar-refractivity contribution in [2.45, 2.75) is 6.61 Å². The normalized spacial score (nSPS) is 10.8. The fraction of sp³-hybridized carbons (Fsp3) is 0.0500. The van der Waals surface area contributed by atoms with Gasteiger partial charge >= 0.3 is 0 Å². The first-order chi connectivity index (χ1) is 11.3. The van der Waals surface area contributed by atoms with E-state index in [1.807, 2.05) is 72.9 Å². The maximum Gasteiger partial charge on any atom is 0.129 e. The molecule has 0 aliphatic carbocycles. The number of nitrogens with zero attached hydrogens (tertiary/aromatic N) is 1. The predicted octanol–water partition coefficient (Wildman–Crippen LogP) is 5.78. The number of benzene rings is 3. The minimum absolute atomic E-state index is 0.531. The van der Waals surface area contributed by atoms with Crippen LogP contribution in [0.25, 0.3) is 0 Å². The third kappa shape index (κ3) is 4.54. The largest absolute Gasteiger partial charge is 0.488 e. The topological polar surface area (TPSA) is 21.6 Å². The Morgan fingerprint density at radius 3 is 2.30 bits per heavy atom. The van der Waals surface area contributed by atoms with Crippen LogP contribution in [0.1, 0.15) is 11.1 Å². The lowest BCUT2D eigenvalue weighted by atomic mass is 10.2. The highest BCUT2D eigenvalue weighted by Gasteiger charge is 2.03. The molecule has 0 saturated carbocycles. The lowest BCUT2D eigenvalue weighted by molar-refractivity contribution is 0.305. The van der Waals surface area contributed by atoms with Gasteiger partial charge < -0.3 is 4.74 Å². The van der Waals surface area contributed by atoms with Crippen molar-refractivity contribution in [2.75, 3.05) is 0 Å². The Morgan fingerprint density at radius 1 is 0.870 bits per heavy atom. The Morgan fingerprint density at radius 2 is 1.57 bits per heavy atom. The van der Waals surface area contributed by atoms with Crippen molar-refractivity contribution in [3.63, 3.8) is 0 Å². The first kappa shape index (κ1) is 15.5. The summed E-state index contributed by atoms with van der Waals surface area (Å²) in [4.78, 5) is 4.50. The maximum atomic E-state index is 5.97. The molecular formula is C20H16BrNO. The average Bonchev–Trinajstić information content (AvgIpc) is 2.61. The molecule has 0 aliphatic rings. The van der Waals surface area contributed by atoms with Gasteiger partial charge in [0.25, 0.3) is 0 Å². The summed E-state index contributed by atoms with van der Waals surface area (Å²) in [6, 6.07) is 25.9. The molecule has 0 heterocycles. The summed E-state index contributed by atoms with van der Waals surface area (Å²) in [5.41, 5.74) is 3.01. The highest BCUT2D eigenvalue weighted by atomic mass is 79.9. The van der Waals surface area contributed by atoms with Crippen LogP contribution in [-0.4, -0.2) is 6.21 Å². The predicted molar refractivity (Wildman–Crippen MR) is 98.6 cm³/mol. The summed E-state index contributed by atoms with van der Waals surface area (Å²) in [5.74, 6) is 0.808. The Kier molecular flexibility index (Phi) is 5.22. The minimum atomic E-state index is 0.531. The Balaban J connectivity index is 1.79. The van der Waals surface area contributed by atoms with E-state index in [9.17, 15) is 0 Å². The zero-order chi connectivity index (χ0) is 15.9. The number of rotatable bonds is 5. The Hall–Kier alpha value is -2.39. The fourth-order valence-electron chi connectivity index (χ4n) is 2.13. The molecule has 0 fully saturated rings. The SMILES string of the molecule is Brc1ccc(C=Nc2ccccc2)c(OCc2ccccc2)c1. The zero-order valence-corrected chi connectivity index (χ0v) is 14.1. The van der Waals surface area contributed by atoms with Crippen LogP contribution in [0.5, 0.6) is 5.75 Å². The van der Waals surface area contributed by atoms with E-state index in [1.165, 1.54) is 0 Å². The summed E-state index contributed by atoms with van der Waals surface area (Å²) in [6.45, 7) is 0.531. The summed E-state index contributed by atoms with van der Waals surface area (Å²) >= 11 is 3.49. The number of halogens is 1. The van der Waals surface area contributed by atoms with Gasteiger partial charge in [-0.15, -0.1) is 0 Å². The van der Waals surface area contributed by atoms with Crippen LogP contribution >= 0.6 is 15.9 Å².